The van der Waals surface area contributed by atoms with E-state index in [9.17, 15) is 4.79 Å². The number of anilines is 2. The zero-order chi connectivity index (χ0) is 26.4. The van der Waals surface area contributed by atoms with Crippen LogP contribution in [0.1, 0.15) is 31.1 Å². The number of aromatic nitrogens is 3. The van der Waals surface area contributed by atoms with Crippen molar-refractivity contribution < 1.29 is 19.4 Å². The van der Waals surface area contributed by atoms with Crippen molar-refractivity contribution >= 4 is 40.0 Å². The summed E-state index contributed by atoms with van der Waals surface area (Å²) in [6.45, 7) is 7.14. The fraction of sp³-hybridized carbons (Fsp3) is 0.296. The number of fused-ring (bicyclic) bond motifs is 1. The fourth-order valence-electron chi connectivity index (χ4n) is 3.65. The lowest BCUT2D eigenvalue weighted by molar-refractivity contribution is 0.0875. The Morgan fingerprint density at radius 3 is 2.57 bits per heavy atom. The van der Waals surface area contributed by atoms with E-state index >= 15 is 0 Å². The lowest BCUT2D eigenvalue weighted by Gasteiger charge is -2.20. The van der Waals surface area contributed by atoms with Gasteiger partial charge in [0.05, 0.1) is 30.4 Å². The molecule has 9 nitrogen and oxygen atoms in total. The quantitative estimate of drug-likeness (QED) is 0.246. The molecule has 1 amide bonds. The van der Waals surface area contributed by atoms with Crippen molar-refractivity contribution in [1.82, 2.24) is 19.9 Å². The Morgan fingerprint density at radius 1 is 1.08 bits per heavy atom. The summed E-state index contributed by atoms with van der Waals surface area (Å²) in [7, 11) is 0. The molecule has 0 bridgehead atoms. The summed E-state index contributed by atoms with van der Waals surface area (Å²) >= 11 is 6.52. The number of rotatable bonds is 10. The minimum absolute atomic E-state index is 0.0112. The first kappa shape index (κ1) is 26.4. The van der Waals surface area contributed by atoms with Gasteiger partial charge in [0.15, 0.2) is 5.82 Å². The van der Waals surface area contributed by atoms with Crippen LogP contribution in [0.5, 0.6) is 11.5 Å². The Morgan fingerprint density at radius 2 is 1.86 bits per heavy atom. The molecule has 0 aliphatic rings. The zero-order valence-corrected chi connectivity index (χ0v) is 21.7. The van der Waals surface area contributed by atoms with Gasteiger partial charge in [0.25, 0.3) is 5.91 Å². The third-order valence-corrected chi connectivity index (χ3v) is 5.59. The van der Waals surface area contributed by atoms with Crippen LogP contribution in [0.2, 0.25) is 5.02 Å². The van der Waals surface area contributed by atoms with Crippen LogP contribution in [0, 0.1) is 0 Å². The van der Waals surface area contributed by atoms with E-state index in [1.165, 1.54) is 6.33 Å². The molecule has 0 fully saturated rings. The van der Waals surface area contributed by atoms with Crippen molar-refractivity contribution in [3.63, 3.8) is 0 Å². The molecule has 0 saturated carbocycles. The van der Waals surface area contributed by atoms with Crippen LogP contribution in [0.25, 0.3) is 11.0 Å². The van der Waals surface area contributed by atoms with Gasteiger partial charge in [-0.05, 0) is 69.3 Å². The third-order valence-electron chi connectivity index (χ3n) is 5.29. The summed E-state index contributed by atoms with van der Waals surface area (Å²) in [4.78, 5) is 21.1. The van der Waals surface area contributed by atoms with Crippen molar-refractivity contribution in [2.75, 3.05) is 25.1 Å². The lowest BCUT2D eigenvalue weighted by atomic mass is 10.1. The number of benzene rings is 2. The number of carbonyl (C=O) groups is 1. The van der Waals surface area contributed by atoms with Gasteiger partial charge in [-0.15, -0.1) is 0 Å². The molecule has 0 unspecified atom stereocenters. The number of aliphatic hydroxyl groups is 1. The lowest BCUT2D eigenvalue weighted by Crippen LogP contribution is -2.40. The topological polar surface area (TPSA) is 111 Å². The monoisotopic (exact) mass is 523 g/mol. The first-order valence-corrected chi connectivity index (χ1v) is 12.3. The second-order valence-electron chi connectivity index (χ2n) is 9.40. The van der Waals surface area contributed by atoms with Gasteiger partial charge in [0.2, 0.25) is 0 Å². The first-order chi connectivity index (χ1) is 17.7. The highest BCUT2D eigenvalue weighted by Gasteiger charge is 2.16. The Balaban J connectivity index is 1.45. The van der Waals surface area contributed by atoms with Gasteiger partial charge in [-0.3, -0.25) is 4.79 Å². The van der Waals surface area contributed by atoms with E-state index in [0.717, 1.165) is 16.7 Å². The molecule has 0 aliphatic carbocycles. The van der Waals surface area contributed by atoms with Crippen molar-refractivity contribution in [3.05, 3.63) is 71.6 Å². The average molecular weight is 524 g/mol. The Hall–Kier alpha value is -3.66. The molecule has 194 valence electrons. The number of carbonyl (C=O) groups excluding carboxylic acids is 1. The molecule has 0 saturated heterocycles. The third kappa shape index (κ3) is 6.97. The maximum atomic E-state index is 12.3. The molecule has 37 heavy (non-hydrogen) atoms. The molecule has 0 radical (unpaired) electrons. The highest BCUT2D eigenvalue weighted by Crippen LogP contribution is 2.33. The number of nitrogens with one attached hydrogen (secondary N) is 2. The Bertz CT molecular complexity index is 1370. The van der Waals surface area contributed by atoms with Crippen LogP contribution in [0.4, 0.5) is 11.5 Å². The molecule has 10 heteroatoms. The summed E-state index contributed by atoms with van der Waals surface area (Å²) in [6, 6.07) is 14.2. The first-order valence-electron chi connectivity index (χ1n) is 11.9. The van der Waals surface area contributed by atoms with E-state index in [2.05, 4.69) is 20.6 Å². The number of aliphatic hydroxyl groups excluding tert-OH is 1. The SMILES string of the molecule is CC(C)(C)NC(=O)c1ccc(Oc2ccc(Nc3ncnc4ccn(CCOCCO)c34)cc2Cl)cc1. The highest BCUT2D eigenvalue weighted by molar-refractivity contribution is 6.32. The Labute approximate surface area is 220 Å². The van der Waals surface area contributed by atoms with Gasteiger partial charge < -0.3 is 29.8 Å². The molecule has 2 aromatic heterocycles. The van der Waals surface area contributed by atoms with Gasteiger partial charge in [0, 0.05) is 29.5 Å². The van der Waals surface area contributed by atoms with Crippen LogP contribution >= 0.6 is 11.6 Å². The number of ether oxygens (including phenoxy) is 2. The number of nitrogens with zero attached hydrogens (tertiary/aromatic N) is 3. The molecular weight excluding hydrogens is 494 g/mol. The van der Waals surface area contributed by atoms with Crippen molar-refractivity contribution in [3.8, 4) is 11.5 Å². The van der Waals surface area contributed by atoms with E-state index in [-0.39, 0.29) is 18.1 Å². The highest BCUT2D eigenvalue weighted by atomic mass is 35.5. The van der Waals surface area contributed by atoms with Crippen LogP contribution < -0.4 is 15.4 Å². The van der Waals surface area contributed by atoms with Gasteiger partial charge >= 0.3 is 0 Å². The molecule has 3 N–H and O–H groups in total. The normalized spacial score (nSPS) is 11.5. The van der Waals surface area contributed by atoms with Crippen LogP contribution in [0.15, 0.2) is 61.1 Å². The van der Waals surface area contributed by atoms with E-state index in [1.807, 2.05) is 43.7 Å². The average Bonchev–Trinajstić information content (AvgIpc) is 3.27. The number of hydrogen-bond acceptors (Lipinski definition) is 7. The molecule has 0 atom stereocenters. The van der Waals surface area contributed by atoms with Gasteiger partial charge in [0.1, 0.15) is 23.3 Å². The summed E-state index contributed by atoms with van der Waals surface area (Å²) in [6.07, 6.45) is 3.43. The second kappa shape index (κ2) is 11.6. The molecule has 4 aromatic rings. The number of halogens is 1. The summed E-state index contributed by atoms with van der Waals surface area (Å²) in [5.74, 6) is 1.53. The Kier molecular flexibility index (Phi) is 8.27. The van der Waals surface area contributed by atoms with Crippen molar-refractivity contribution in [1.29, 1.82) is 0 Å². The van der Waals surface area contributed by atoms with Gasteiger partial charge in [-0.1, -0.05) is 11.6 Å². The van der Waals surface area contributed by atoms with E-state index in [1.54, 1.807) is 36.4 Å². The standard InChI is InChI=1S/C27H30ClN5O4/c1-27(2,3)32-26(35)18-4-7-20(8-5-18)37-23-9-6-19(16-21(23)28)31-25-24-22(29-17-30-25)10-11-33(24)12-14-36-15-13-34/h4-11,16-17,34H,12-15H2,1-3H3,(H,32,35)(H,29,30,31). The predicted octanol–water partition coefficient (Wildman–Crippen LogP) is 5.16. The summed E-state index contributed by atoms with van der Waals surface area (Å²) < 4.78 is 13.3. The van der Waals surface area contributed by atoms with Gasteiger partial charge in [-0.25, -0.2) is 9.97 Å². The van der Waals surface area contributed by atoms with Crippen LogP contribution in [-0.2, 0) is 11.3 Å². The van der Waals surface area contributed by atoms with E-state index < -0.39 is 0 Å². The van der Waals surface area contributed by atoms with Gasteiger partial charge in [-0.2, -0.15) is 0 Å². The van der Waals surface area contributed by atoms with Crippen molar-refractivity contribution in [2.45, 2.75) is 32.9 Å². The summed E-state index contributed by atoms with van der Waals surface area (Å²) in [5, 5.41) is 15.6. The largest absolute Gasteiger partial charge is 0.456 e. The minimum atomic E-state index is -0.315. The predicted molar refractivity (Wildman–Crippen MR) is 144 cm³/mol. The number of hydrogen-bond donors (Lipinski definition) is 3. The molecule has 2 heterocycles. The second-order valence-corrected chi connectivity index (χ2v) is 9.81. The van der Waals surface area contributed by atoms with Crippen LogP contribution in [0.3, 0.4) is 0 Å². The van der Waals surface area contributed by atoms with Crippen LogP contribution in [-0.4, -0.2) is 50.9 Å². The molecular formula is C27H30ClN5O4. The fourth-order valence-corrected chi connectivity index (χ4v) is 3.87. The molecule has 0 aliphatic heterocycles. The molecule has 0 spiro atoms. The zero-order valence-electron chi connectivity index (χ0n) is 21.0. The number of amides is 1. The maximum Gasteiger partial charge on any atom is 0.251 e. The smallest absolute Gasteiger partial charge is 0.251 e. The summed E-state index contributed by atoms with van der Waals surface area (Å²) in [5.41, 5.74) is 2.60. The molecule has 4 rings (SSSR count). The minimum Gasteiger partial charge on any atom is -0.456 e. The maximum absolute atomic E-state index is 12.3. The van der Waals surface area contributed by atoms with E-state index in [4.69, 9.17) is 26.2 Å². The van der Waals surface area contributed by atoms with E-state index in [0.29, 0.717) is 47.7 Å². The molecule has 2 aromatic carbocycles. The van der Waals surface area contributed by atoms with Crippen molar-refractivity contribution in [2.24, 2.45) is 0 Å².